The number of carbonyl (C=O) groups is 2. The third-order valence-corrected chi connectivity index (χ3v) is 5.76. The van der Waals surface area contributed by atoms with Crippen LogP contribution < -0.4 is 16.0 Å². The van der Waals surface area contributed by atoms with Gasteiger partial charge in [0.2, 0.25) is 11.8 Å². The number of nitrogens with one attached hydrogen (secondary N) is 1. The summed E-state index contributed by atoms with van der Waals surface area (Å²) in [4.78, 5) is 29.6. The predicted molar refractivity (Wildman–Crippen MR) is 109 cm³/mol. The summed E-state index contributed by atoms with van der Waals surface area (Å²) < 4.78 is 0. The number of hydrogen-bond acceptors (Lipinski definition) is 4. The molecule has 1 aromatic heterocycles. The molecule has 1 aliphatic carbocycles. The minimum atomic E-state index is -0.391. The second-order valence-corrected chi connectivity index (χ2v) is 7.51. The molecule has 1 aromatic carbocycles. The summed E-state index contributed by atoms with van der Waals surface area (Å²) in [6.45, 7) is 2.71. The van der Waals surface area contributed by atoms with Gasteiger partial charge in [-0.3, -0.25) is 14.6 Å². The first-order valence-electron chi connectivity index (χ1n) is 9.62. The number of piperidine rings is 1. The number of aromatic nitrogens is 1. The summed E-state index contributed by atoms with van der Waals surface area (Å²) in [6, 6.07) is 11.3. The lowest BCUT2D eigenvalue weighted by Crippen LogP contribution is -2.26. The van der Waals surface area contributed by atoms with E-state index in [2.05, 4.69) is 15.2 Å². The summed E-state index contributed by atoms with van der Waals surface area (Å²) >= 11 is 0. The van der Waals surface area contributed by atoms with Gasteiger partial charge in [0, 0.05) is 49.4 Å². The highest BCUT2D eigenvalue weighted by molar-refractivity contribution is 5.93. The topological polar surface area (TPSA) is 88.3 Å². The van der Waals surface area contributed by atoms with E-state index in [0.717, 1.165) is 30.8 Å². The average Bonchev–Trinajstić information content (AvgIpc) is 3.16. The smallest absolute Gasteiger partial charge is 0.248 e. The Hall–Kier alpha value is -3.15. The number of primary amides is 1. The molecule has 1 saturated heterocycles. The van der Waals surface area contributed by atoms with Gasteiger partial charge in [-0.15, -0.1) is 0 Å². The van der Waals surface area contributed by atoms with Crippen LogP contribution in [0.1, 0.15) is 22.3 Å². The lowest BCUT2D eigenvalue weighted by Gasteiger charge is -2.22. The van der Waals surface area contributed by atoms with Crippen molar-refractivity contribution in [1.82, 2.24) is 10.3 Å². The molecule has 6 heteroatoms. The second-order valence-electron chi connectivity index (χ2n) is 7.51. The molecular weight excluding hydrogens is 352 g/mol. The number of pyridine rings is 1. The molecule has 1 aliphatic heterocycles. The van der Waals surface area contributed by atoms with Crippen LogP contribution in [0.4, 0.5) is 5.69 Å². The van der Waals surface area contributed by atoms with Gasteiger partial charge in [0.05, 0.1) is 0 Å². The van der Waals surface area contributed by atoms with Crippen LogP contribution in [0.2, 0.25) is 0 Å². The van der Waals surface area contributed by atoms with Gasteiger partial charge in [0.15, 0.2) is 0 Å². The molecule has 1 saturated carbocycles. The Morgan fingerprint density at radius 1 is 1.21 bits per heavy atom. The van der Waals surface area contributed by atoms with Crippen LogP contribution in [0.15, 0.2) is 54.9 Å². The maximum Gasteiger partial charge on any atom is 0.248 e. The maximum atomic E-state index is 11.9. The van der Waals surface area contributed by atoms with E-state index in [9.17, 15) is 9.59 Å². The van der Waals surface area contributed by atoms with E-state index in [4.69, 9.17) is 5.73 Å². The number of rotatable bonds is 7. The van der Waals surface area contributed by atoms with Crippen LogP contribution >= 0.6 is 0 Å². The minimum Gasteiger partial charge on any atom is -0.371 e. The van der Waals surface area contributed by atoms with Crippen molar-refractivity contribution in [2.45, 2.75) is 6.42 Å². The molecule has 2 amide bonds. The molecule has 2 heterocycles. The Morgan fingerprint density at radius 3 is 2.75 bits per heavy atom. The van der Waals surface area contributed by atoms with Crippen LogP contribution in [0.3, 0.4) is 0 Å². The first kappa shape index (κ1) is 18.2. The Bertz CT molecular complexity index is 884. The maximum absolute atomic E-state index is 11.9. The molecule has 2 atom stereocenters. The molecule has 144 valence electrons. The second kappa shape index (κ2) is 7.84. The van der Waals surface area contributed by atoms with E-state index in [0.29, 0.717) is 29.9 Å². The zero-order valence-electron chi connectivity index (χ0n) is 15.6. The highest BCUT2D eigenvalue weighted by atomic mass is 16.1. The van der Waals surface area contributed by atoms with Crippen LogP contribution in [0.25, 0.3) is 6.08 Å². The highest BCUT2D eigenvalue weighted by Crippen LogP contribution is 2.54. The van der Waals surface area contributed by atoms with Crippen molar-refractivity contribution in [3.63, 3.8) is 0 Å². The fourth-order valence-electron chi connectivity index (χ4n) is 4.21. The number of hydrogen-bond donors (Lipinski definition) is 2. The Balaban J connectivity index is 1.20. The fourth-order valence-corrected chi connectivity index (χ4v) is 4.21. The molecule has 2 fully saturated rings. The first-order chi connectivity index (χ1) is 13.6. The molecule has 2 unspecified atom stereocenters. The zero-order chi connectivity index (χ0) is 19.5. The van der Waals surface area contributed by atoms with Crippen molar-refractivity contribution in [3.05, 3.63) is 66.0 Å². The van der Waals surface area contributed by atoms with Crippen LogP contribution in [0, 0.1) is 17.8 Å². The number of carbonyl (C=O) groups excluding carboxylic acids is 2. The van der Waals surface area contributed by atoms with Crippen molar-refractivity contribution in [2.75, 3.05) is 24.5 Å². The Morgan fingerprint density at radius 2 is 2.04 bits per heavy atom. The van der Waals surface area contributed by atoms with Gasteiger partial charge >= 0.3 is 0 Å². The lowest BCUT2D eigenvalue weighted by atomic mass is 10.1. The minimum absolute atomic E-state index is 0.0699. The predicted octanol–water partition coefficient (Wildman–Crippen LogP) is 2.08. The summed E-state index contributed by atoms with van der Waals surface area (Å²) in [5.41, 5.74) is 7.90. The van der Waals surface area contributed by atoms with Gasteiger partial charge < -0.3 is 16.0 Å². The van der Waals surface area contributed by atoms with Crippen molar-refractivity contribution in [1.29, 1.82) is 0 Å². The van der Waals surface area contributed by atoms with E-state index in [1.165, 1.54) is 0 Å². The van der Waals surface area contributed by atoms with Gasteiger partial charge in [0.1, 0.15) is 0 Å². The normalized spacial score (nSPS) is 22.9. The summed E-state index contributed by atoms with van der Waals surface area (Å²) in [6.07, 6.45) is 7.76. The van der Waals surface area contributed by atoms with Gasteiger partial charge in [-0.1, -0.05) is 12.1 Å². The van der Waals surface area contributed by atoms with Crippen molar-refractivity contribution in [3.8, 4) is 0 Å². The molecule has 28 heavy (non-hydrogen) atoms. The SMILES string of the molecule is NC(=O)c1cccc(N2CC3C(CCNC(=O)/C=C/c4cccnc4)C3C2)c1. The molecular formula is C22H24N4O2. The van der Waals surface area contributed by atoms with Gasteiger partial charge in [-0.25, -0.2) is 0 Å². The first-order valence-corrected chi connectivity index (χ1v) is 9.62. The van der Waals surface area contributed by atoms with E-state index < -0.39 is 5.91 Å². The molecule has 2 aliphatic rings. The summed E-state index contributed by atoms with van der Waals surface area (Å²) in [5.74, 6) is 1.58. The molecule has 4 rings (SSSR count). The Kier molecular flexibility index (Phi) is 5.10. The number of nitrogens with two attached hydrogens (primary N) is 1. The number of nitrogens with zero attached hydrogens (tertiary/aromatic N) is 2. The standard InChI is InChI=1S/C22H24N4O2/c23-22(28)16-4-1-5-17(11-16)26-13-19-18(20(19)14-26)8-10-25-21(27)7-6-15-3-2-9-24-12-15/h1-7,9,11-12,18-20H,8,10,13-14H2,(H2,23,28)(H,25,27)/b7-6+. The van der Waals surface area contributed by atoms with Crippen LogP contribution in [-0.4, -0.2) is 36.4 Å². The fraction of sp³-hybridized carbons (Fsp3) is 0.318. The zero-order valence-corrected chi connectivity index (χ0v) is 15.6. The summed E-state index contributed by atoms with van der Waals surface area (Å²) in [7, 11) is 0. The van der Waals surface area contributed by atoms with Crippen molar-refractivity contribution in [2.24, 2.45) is 23.5 Å². The molecule has 6 nitrogen and oxygen atoms in total. The number of benzene rings is 1. The third-order valence-electron chi connectivity index (χ3n) is 5.76. The Labute approximate surface area is 164 Å². The monoisotopic (exact) mass is 376 g/mol. The highest BCUT2D eigenvalue weighted by Gasteiger charge is 2.54. The van der Waals surface area contributed by atoms with E-state index in [-0.39, 0.29) is 5.91 Å². The molecule has 3 N–H and O–H groups in total. The van der Waals surface area contributed by atoms with E-state index in [1.54, 1.807) is 30.6 Å². The van der Waals surface area contributed by atoms with E-state index in [1.807, 2.05) is 30.3 Å². The number of anilines is 1. The number of amides is 2. The molecule has 0 bridgehead atoms. The largest absolute Gasteiger partial charge is 0.371 e. The van der Waals surface area contributed by atoms with Crippen LogP contribution in [-0.2, 0) is 4.79 Å². The molecule has 2 aromatic rings. The van der Waals surface area contributed by atoms with E-state index >= 15 is 0 Å². The quantitative estimate of drug-likeness (QED) is 0.724. The molecule has 0 radical (unpaired) electrons. The third kappa shape index (κ3) is 4.06. The van der Waals surface area contributed by atoms with Crippen molar-refractivity contribution < 1.29 is 9.59 Å². The summed E-state index contributed by atoms with van der Waals surface area (Å²) in [5, 5.41) is 2.97. The number of fused-ring (bicyclic) bond motifs is 1. The van der Waals surface area contributed by atoms with Crippen LogP contribution in [0.5, 0.6) is 0 Å². The average molecular weight is 376 g/mol. The lowest BCUT2D eigenvalue weighted by molar-refractivity contribution is -0.116. The van der Waals surface area contributed by atoms with Gasteiger partial charge in [-0.2, -0.15) is 0 Å². The van der Waals surface area contributed by atoms with Crippen molar-refractivity contribution >= 4 is 23.6 Å². The van der Waals surface area contributed by atoms with Gasteiger partial charge in [-0.05, 0) is 60.1 Å². The van der Waals surface area contributed by atoms with Gasteiger partial charge in [0.25, 0.3) is 0 Å². The molecule has 0 spiro atoms.